The number of hydrogen-bond acceptors (Lipinski definition) is 3. The Morgan fingerprint density at radius 2 is 2.50 bits per heavy atom. The first-order chi connectivity index (χ1) is 6.84. The smallest absolute Gasteiger partial charge is 0.0679 e. The van der Waals surface area contributed by atoms with Crippen molar-refractivity contribution in [3.05, 3.63) is 30.1 Å². The van der Waals surface area contributed by atoms with Gasteiger partial charge in [0.15, 0.2) is 0 Å². The summed E-state index contributed by atoms with van der Waals surface area (Å²) in [6.45, 7) is 2.89. The highest BCUT2D eigenvalue weighted by Gasteiger charge is 2.19. The van der Waals surface area contributed by atoms with Crippen LogP contribution in [0.25, 0.3) is 0 Å². The number of hydrogen-bond donors (Lipinski definition) is 1. The van der Waals surface area contributed by atoms with Crippen molar-refractivity contribution in [2.75, 3.05) is 19.6 Å². The maximum Gasteiger partial charge on any atom is 0.0679 e. The summed E-state index contributed by atoms with van der Waals surface area (Å²) >= 11 is 0. The van der Waals surface area contributed by atoms with Crippen molar-refractivity contribution in [3.8, 4) is 0 Å². The Morgan fingerprint density at radius 3 is 3.14 bits per heavy atom. The molecule has 0 saturated carbocycles. The summed E-state index contributed by atoms with van der Waals surface area (Å²) in [5.74, 6) is 0. The quantitative estimate of drug-likeness (QED) is 0.765. The van der Waals surface area contributed by atoms with Crippen LogP contribution in [0.5, 0.6) is 0 Å². The molecule has 0 spiro atoms. The first-order valence-electron chi connectivity index (χ1n) is 5.14. The summed E-state index contributed by atoms with van der Waals surface area (Å²) in [7, 11) is 0. The van der Waals surface area contributed by atoms with E-state index in [1.54, 1.807) is 6.20 Å². The Hall–Kier alpha value is -0.930. The molecule has 14 heavy (non-hydrogen) atoms. The van der Waals surface area contributed by atoms with Gasteiger partial charge in [-0.25, -0.2) is 0 Å². The number of nitrogens with zero attached hydrogens (tertiary/aromatic N) is 2. The van der Waals surface area contributed by atoms with E-state index in [1.165, 1.54) is 5.56 Å². The summed E-state index contributed by atoms with van der Waals surface area (Å²) < 4.78 is 0. The van der Waals surface area contributed by atoms with Crippen LogP contribution in [0.4, 0.5) is 0 Å². The van der Waals surface area contributed by atoms with Gasteiger partial charge in [-0.1, -0.05) is 6.07 Å². The summed E-state index contributed by atoms with van der Waals surface area (Å²) in [5.41, 5.74) is 1.27. The lowest BCUT2D eigenvalue weighted by Gasteiger charge is -2.14. The molecular formula is C11H16N2O. The normalized spacial score (nSPS) is 22.8. The van der Waals surface area contributed by atoms with E-state index < -0.39 is 0 Å². The standard InChI is InChI=1S/C11H16N2O/c14-11-4-7-13(9-11)6-3-10-2-1-5-12-8-10/h1-2,5,8,11,14H,3-4,6-7,9H2/t11-/m0/s1. The van der Waals surface area contributed by atoms with Crippen LogP contribution in [0, 0.1) is 0 Å². The van der Waals surface area contributed by atoms with Crippen molar-refractivity contribution in [3.63, 3.8) is 0 Å². The van der Waals surface area contributed by atoms with Gasteiger partial charge in [-0.3, -0.25) is 4.98 Å². The molecule has 1 saturated heterocycles. The highest BCUT2D eigenvalue weighted by molar-refractivity contribution is 5.08. The summed E-state index contributed by atoms with van der Waals surface area (Å²) in [6, 6.07) is 4.06. The fraction of sp³-hybridized carbons (Fsp3) is 0.545. The average molecular weight is 192 g/mol. The van der Waals surface area contributed by atoms with Gasteiger partial charge in [0.2, 0.25) is 0 Å². The Bertz CT molecular complexity index is 276. The second kappa shape index (κ2) is 4.53. The van der Waals surface area contributed by atoms with Gasteiger partial charge in [-0.15, -0.1) is 0 Å². The van der Waals surface area contributed by atoms with Crippen molar-refractivity contribution in [1.29, 1.82) is 0 Å². The van der Waals surface area contributed by atoms with Gasteiger partial charge in [0, 0.05) is 32.0 Å². The maximum atomic E-state index is 9.34. The Balaban J connectivity index is 1.78. The second-order valence-corrected chi connectivity index (χ2v) is 3.85. The molecule has 0 aromatic carbocycles. The molecule has 0 bridgehead atoms. The van der Waals surface area contributed by atoms with Crippen LogP contribution < -0.4 is 0 Å². The molecule has 76 valence electrons. The van der Waals surface area contributed by atoms with Crippen molar-refractivity contribution in [1.82, 2.24) is 9.88 Å². The molecule has 2 rings (SSSR count). The minimum Gasteiger partial charge on any atom is -0.392 e. The number of aromatic nitrogens is 1. The number of aliphatic hydroxyl groups is 1. The molecule has 1 atom stereocenters. The number of β-amino-alcohol motifs (C(OH)–C–C–N with tert-alkyl or cyclic N) is 1. The molecule has 1 aliphatic rings. The van der Waals surface area contributed by atoms with E-state index >= 15 is 0 Å². The zero-order chi connectivity index (χ0) is 9.80. The van der Waals surface area contributed by atoms with Crippen molar-refractivity contribution in [2.45, 2.75) is 18.9 Å². The highest BCUT2D eigenvalue weighted by atomic mass is 16.3. The molecule has 1 N–H and O–H groups in total. The van der Waals surface area contributed by atoms with E-state index in [-0.39, 0.29) is 6.10 Å². The van der Waals surface area contributed by atoms with E-state index in [4.69, 9.17) is 0 Å². The van der Waals surface area contributed by atoms with Crippen LogP contribution in [-0.4, -0.2) is 40.7 Å². The molecule has 1 aliphatic heterocycles. The largest absolute Gasteiger partial charge is 0.392 e. The van der Waals surface area contributed by atoms with E-state index in [2.05, 4.69) is 16.0 Å². The first kappa shape index (κ1) is 9.62. The number of pyridine rings is 1. The van der Waals surface area contributed by atoms with Gasteiger partial charge in [0.1, 0.15) is 0 Å². The minimum atomic E-state index is -0.108. The van der Waals surface area contributed by atoms with Gasteiger partial charge in [0.25, 0.3) is 0 Å². The second-order valence-electron chi connectivity index (χ2n) is 3.85. The van der Waals surface area contributed by atoms with Crippen LogP contribution in [-0.2, 0) is 6.42 Å². The predicted octanol–water partition coefficient (Wildman–Crippen LogP) is 0.691. The van der Waals surface area contributed by atoms with Crippen LogP contribution in [0.1, 0.15) is 12.0 Å². The molecule has 0 amide bonds. The summed E-state index contributed by atoms with van der Waals surface area (Å²) in [5, 5.41) is 9.34. The Labute approximate surface area is 84.4 Å². The van der Waals surface area contributed by atoms with Crippen LogP contribution in [0.3, 0.4) is 0 Å². The lowest BCUT2D eigenvalue weighted by atomic mass is 10.2. The molecule has 0 aliphatic carbocycles. The molecule has 3 heteroatoms. The molecule has 3 nitrogen and oxygen atoms in total. The monoisotopic (exact) mass is 192 g/mol. The van der Waals surface area contributed by atoms with Gasteiger partial charge in [-0.2, -0.15) is 0 Å². The number of rotatable bonds is 3. The molecule has 1 fully saturated rings. The van der Waals surface area contributed by atoms with E-state index in [9.17, 15) is 5.11 Å². The maximum absolute atomic E-state index is 9.34. The third-order valence-electron chi connectivity index (χ3n) is 2.69. The lowest BCUT2D eigenvalue weighted by Crippen LogP contribution is -2.24. The molecule has 0 unspecified atom stereocenters. The summed E-state index contributed by atoms with van der Waals surface area (Å²) in [4.78, 5) is 6.38. The fourth-order valence-corrected chi connectivity index (χ4v) is 1.85. The van der Waals surface area contributed by atoms with Gasteiger partial charge in [0.05, 0.1) is 6.10 Å². The zero-order valence-electron chi connectivity index (χ0n) is 8.26. The molecule has 0 radical (unpaired) electrons. The predicted molar refractivity (Wildman–Crippen MR) is 55.0 cm³/mol. The minimum absolute atomic E-state index is 0.108. The van der Waals surface area contributed by atoms with Gasteiger partial charge in [-0.05, 0) is 24.5 Å². The van der Waals surface area contributed by atoms with E-state index in [0.29, 0.717) is 0 Å². The topological polar surface area (TPSA) is 36.4 Å². The third kappa shape index (κ3) is 2.53. The zero-order valence-corrected chi connectivity index (χ0v) is 8.26. The molecule has 1 aromatic rings. The Kier molecular flexibility index (Phi) is 3.11. The van der Waals surface area contributed by atoms with Crippen LogP contribution in [0.15, 0.2) is 24.5 Å². The lowest BCUT2D eigenvalue weighted by molar-refractivity contribution is 0.177. The van der Waals surface area contributed by atoms with Crippen LogP contribution >= 0.6 is 0 Å². The van der Waals surface area contributed by atoms with Crippen molar-refractivity contribution < 1.29 is 5.11 Å². The average Bonchev–Trinajstić information content (AvgIpc) is 2.63. The van der Waals surface area contributed by atoms with Gasteiger partial charge >= 0.3 is 0 Å². The van der Waals surface area contributed by atoms with Crippen LogP contribution in [0.2, 0.25) is 0 Å². The highest BCUT2D eigenvalue weighted by Crippen LogP contribution is 2.09. The molecule has 1 aromatic heterocycles. The van der Waals surface area contributed by atoms with E-state index in [0.717, 1.165) is 32.5 Å². The van der Waals surface area contributed by atoms with Crippen molar-refractivity contribution >= 4 is 0 Å². The molecule has 2 heterocycles. The number of aliphatic hydroxyl groups excluding tert-OH is 1. The van der Waals surface area contributed by atoms with Crippen molar-refractivity contribution in [2.24, 2.45) is 0 Å². The number of likely N-dealkylation sites (tertiary alicyclic amines) is 1. The van der Waals surface area contributed by atoms with E-state index in [1.807, 2.05) is 12.3 Å². The third-order valence-corrected chi connectivity index (χ3v) is 2.69. The van der Waals surface area contributed by atoms with Gasteiger partial charge < -0.3 is 10.0 Å². The fourth-order valence-electron chi connectivity index (χ4n) is 1.85. The SMILES string of the molecule is O[C@H]1CCN(CCc2cccnc2)C1. The first-order valence-corrected chi connectivity index (χ1v) is 5.14. The Morgan fingerprint density at radius 1 is 1.57 bits per heavy atom. The summed E-state index contributed by atoms with van der Waals surface area (Å²) in [6.07, 6.45) is 5.55. The molecular weight excluding hydrogens is 176 g/mol.